The lowest BCUT2D eigenvalue weighted by molar-refractivity contribution is 0.280. The maximum Gasteiger partial charge on any atom is 0.00923 e. The predicted octanol–water partition coefficient (Wildman–Crippen LogP) is 3.34. The topological polar surface area (TPSA) is 12.0 Å². The molecule has 78 valence electrons. The van der Waals surface area contributed by atoms with E-state index in [1.54, 1.807) is 0 Å². The highest BCUT2D eigenvalue weighted by Crippen LogP contribution is 2.25. The molecule has 0 amide bonds. The van der Waals surface area contributed by atoms with Crippen molar-refractivity contribution in [1.29, 1.82) is 0 Å². The van der Waals surface area contributed by atoms with E-state index in [9.17, 15) is 0 Å². The zero-order chi connectivity index (χ0) is 9.52. The second-order valence-electron chi connectivity index (χ2n) is 4.44. The van der Waals surface area contributed by atoms with Crippen molar-refractivity contribution in [1.82, 2.24) is 5.32 Å². The van der Waals surface area contributed by atoms with Gasteiger partial charge in [0.2, 0.25) is 0 Å². The highest BCUT2D eigenvalue weighted by molar-refractivity contribution is 4.76. The lowest BCUT2D eigenvalue weighted by atomic mass is 9.84. The first kappa shape index (κ1) is 11.0. The van der Waals surface area contributed by atoms with Crippen LogP contribution in [0, 0.1) is 5.92 Å². The summed E-state index contributed by atoms with van der Waals surface area (Å²) in [6.07, 6.45) is 11.5. The van der Waals surface area contributed by atoms with Crippen LogP contribution in [0.4, 0.5) is 0 Å². The average Bonchev–Trinajstić information content (AvgIpc) is 2.10. The van der Waals surface area contributed by atoms with E-state index in [0.29, 0.717) is 0 Å². The highest BCUT2D eigenvalue weighted by Gasteiger charge is 2.19. The summed E-state index contributed by atoms with van der Waals surface area (Å²) in [5.41, 5.74) is 0. The first-order valence-corrected chi connectivity index (χ1v) is 6.05. The fraction of sp³-hybridized carbons (Fsp3) is 1.00. The molecule has 0 bridgehead atoms. The molecule has 1 nitrogen and oxygen atoms in total. The van der Waals surface area contributed by atoms with Gasteiger partial charge in [-0.1, -0.05) is 39.0 Å². The number of nitrogens with one attached hydrogen (secondary N) is 1. The maximum atomic E-state index is 3.51. The van der Waals surface area contributed by atoms with Crippen LogP contribution in [0.5, 0.6) is 0 Å². The molecular weight excluding hydrogens is 158 g/mol. The van der Waals surface area contributed by atoms with Crippen LogP contribution >= 0.6 is 0 Å². The Morgan fingerprint density at radius 2 is 1.77 bits per heavy atom. The van der Waals surface area contributed by atoms with Gasteiger partial charge in [-0.15, -0.1) is 0 Å². The van der Waals surface area contributed by atoms with E-state index in [1.165, 1.54) is 51.4 Å². The number of hydrogen-bond donors (Lipinski definition) is 1. The molecule has 2 unspecified atom stereocenters. The second kappa shape index (κ2) is 6.42. The van der Waals surface area contributed by atoms with Crippen molar-refractivity contribution in [2.75, 3.05) is 7.05 Å². The van der Waals surface area contributed by atoms with Gasteiger partial charge in [-0.05, 0) is 32.2 Å². The van der Waals surface area contributed by atoms with Crippen LogP contribution in [0.15, 0.2) is 0 Å². The first-order chi connectivity index (χ1) is 6.38. The van der Waals surface area contributed by atoms with Gasteiger partial charge >= 0.3 is 0 Å². The molecule has 1 rings (SSSR count). The third-order valence-electron chi connectivity index (χ3n) is 3.44. The summed E-state index contributed by atoms with van der Waals surface area (Å²) in [5.74, 6) is 0.954. The lowest BCUT2D eigenvalue weighted by Crippen LogP contribution is -2.34. The van der Waals surface area contributed by atoms with E-state index in [1.807, 2.05) is 0 Å². The Kier molecular flexibility index (Phi) is 5.45. The normalized spacial score (nSPS) is 30.9. The Hall–Kier alpha value is -0.0400. The van der Waals surface area contributed by atoms with Gasteiger partial charge in [-0.3, -0.25) is 0 Å². The maximum absolute atomic E-state index is 3.51. The van der Waals surface area contributed by atoms with E-state index in [0.717, 1.165) is 12.0 Å². The largest absolute Gasteiger partial charge is 0.317 e. The van der Waals surface area contributed by atoms with Gasteiger partial charge in [-0.2, -0.15) is 0 Å². The molecule has 0 aliphatic heterocycles. The molecule has 2 atom stereocenters. The zero-order valence-corrected chi connectivity index (χ0v) is 9.31. The van der Waals surface area contributed by atoms with Gasteiger partial charge in [0.25, 0.3) is 0 Å². The van der Waals surface area contributed by atoms with Crippen LogP contribution in [0.3, 0.4) is 0 Å². The van der Waals surface area contributed by atoms with Crippen molar-refractivity contribution in [3.8, 4) is 0 Å². The summed E-state index contributed by atoms with van der Waals surface area (Å²) in [6.45, 7) is 2.31. The molecule has 1 N–H and O–H groups in total. The van der Waals surface area contributed by atoms with Gasteiger partial charge in [0.05, 0.1) is 0 Å². The number of hydrogen-bond acceptors (Lipinski definition) is 1. The predicted molar refractivity (Wildman–Crippen MR) is 58.9 cm³/mol. The molecule has 1 fully saturated rings. The van der Waals surface area contributed by atoms with Crippen molar-refractivity contribution in [3.63, 3.8) is 0 Å². The summed E-state index contributed by atoms with van der Waals surface area (Å²) in [6, 6.07) is 0.806. The van der Waals surface area contributed by atoms with Crippen molar-refractivity contribution < 1.29 is 0 Å². The van der Waals surface area contributed by atoms with E-state index < -0.39 is 0 Å². The lowest BCUT2D eigenvalue weighted by Gasteiger charge is -2.28. The molecule has 0 aromatic rings. The van der Waals surface area contributed by atoms with Crippen molar-refractivity contribution in [2.45, 2.75) is 64.3 Å². The summed E-state index contributed by atoms with van der Waals surface area (Å²) < 4.78 is 0. The summed E-state index contributed by atoms with van der Waals surface area (Å²) in [5, 5.41) is 3.51. The number of rotatable bonds is 3. The summed E-state index contributed by atoms with van der Waals surface area (Å²) >= 11 is 0. The van der Waals surface area contributed by atoms with E-state index >= 15 is 0 Å². The molecule has 0 radical (unpaired) electrons. The van der Waals surface area contributed by atoms with E-state index in [-0.39, 0.29) is 0 Å². The zero-order valence-electron chi connectivity index (χ0n) is 9.31. The Morgan fingerprint density at radius 1 is 1.08 bits per heavy atom. The average molecular weight is 183 g/mol. The van der Waals surface area contributed by atoms with Gasteiger partial charge in [-0.25, -0.2) is 0 Å². The molecule has 13 heavy (non-hydrogen) atoms. The van der Waals surface area contributed by atoms with Gasteiger partial charge in [0.1, 0.15) is 0 Å². The molecule has 0 aromatic heterocycles. The third kappa shape index (κ3) is 3.68. The molecule has 0 aromatic carbocycles. The second-order valence-corrected chi connectivity index (χ2v) is 4.44. The SMILES string of the molecule is CCCC1CCCCCCC1NC. The molecule has 1 saturated carbocycles. The molecule has 0 saturated heterocycles. The Labute approximate surface area is 83.3 Å². The van der Waals surface area contributed by atoms with Gasteiger partial charge < -0.3 is 5.32 Å². The van der Waals surface area contributed by atoms with Crippen molar-refractivity contribution in [2.24, 2.45) is 5.92 Å². The quantitative estimate of drug-likeness (QED) is 0.707. The standard InChI is InChI=1S/C12H25N/c1-3-8-11-9-6-4-5-7-10-12(11)13-2/h11-13H,3-10H2,1-2H3. The minimum absolute atomic E-state index is 0.806. The Bertz CT molecular complexity index is 122. The Balaban J connectivity index is 2.40. The molecule has 0 spiro atoms. The smallest absolute Gasteiger partial charge is 0.00923 e. The molecule has 1 aliphatic rings. The van der Waals surface area contributed by atoms with Crippen LogP contribution in [0.25, 0.3) is 0 Å². The van der Waals surface area contributed by atoms with Gasteiger partial charge in [0.15, 0.2) is 0 Å². The minimum atomic E-state index is 0.806. The van der Waals surface area contributed by atoms with Gasteiger partial charge in [0, 0.05) is 6.04 Å². The third-order valence-corrected chi connectivity index (χ3v) is 3.44. The minimum Gasteiger partial charge on any atom is -0.317 e. The molecular formula is C12H25N. The van der Waals surface area contributed by atoms with E-state index in [4.69, 9.17) is 0 Å². The molecule has 0 heterocycles. The Morgan fingerprint density at radius 3 is 2.38 bits per heavy atom. The monoisotopic (exact) mass is 183 g/mol. The summed E-state index contributed by atoms with van der Waals surface area (Å²) in [4.78, 5) is 0. The van der Waals surface area contributed by atoms with Crippen molar-refractivity contribution >= 4 is 0 Å². The fourth-order valence-electron chi connectivity index (χ4n) is 2.66. The van der Waals surface area contributed by atoms with Crippen LogP contribution in [0.2, 0.25) is 0 Å². The van der Waals surface area contributed by atoms with Crippen molar-refractivity contribution in [3.05, 3.63) is 0 Å². The first-order valence-electron chi connectivity index (χ1n) is 6.05. The van der Waals surface area contributed by atoms with Crippen LogP contribution in [-0.4, -0.2) is 13.1 Å². The van der Waals surface area contributed by atoms with E-state index in [2.05, 4.69) is 19.3 Å². The highest BCUT2D eigenvalue weighted by atomic mass is 14.9. The molecule has 1 aliphatic carbocycles. The molecule has 1 heteroatoms. The van der Waals surface area contributed by atoms with Crippen LogP contribution in [-0.2, 0) is 0 Å². The summed E-state index contributed by atoms with van der Waals surface area (Å²) in [7, 11) is 2.13. The fourth-order valence-corrected chi connectivity index (χ4v) is 2.66. The van der Waals surface area contributed by atoms with Crippen LogP contribution in [0.1, 0.15) is 58.3 Å². The van der Waals surface area contributed by atoms with Crippen LogP contribution < -0.4 is 5.32 Å².